The van der Waals surface area contributed by atoms with E-state index in [2.05, 4.69) is 9.97 Å². The Morgan fingerprint density at radius 3 is 2.94 bits per heavy atom. The standard InChI is InChI=1S/C11H16N4O/c1-8-6-9(12)14-10(13-8)7-15-5-3-2-4-11(15)16/h6H,2-5,7H2,1H3,(H2,12,13,14). The van der Waals surface area contributed by atoms with Crippen molar-refractivity contribution in [3.63, 3.8) is 0 Å². The maximum atomic E-state index is 11.6. The van der Waals surface area contributed by atoms with Gasteiger partial charge in [0.25, 0.3) is 0 Å². The Kier molecular flexibility index (Phi) is 3.03. The van der Waals surface area contributed by atoms with Gasteiger partial charge in [0.1, 0.15) is 11.6 Å². The van der Waals surface area contributed by atoms with Crippen LogP contribution < -0.4 is 5.73 Å². The number of aryl methyl sites for hydroxylation is 1. The van der Waals surface area contributed by atoms with Crippen LogP contribution in [0.5, 0.6) is 0 Å². The van der Waals surface area contributed by atoms with Gasteiger partial charge in [-0.15, -0.1) is 0 Å². The van der Waals surface area contributed by atoms with Gasteiger partial charge in [-0.2, -0.15) is 0 Å². The number of hydrogen-bond acceptors (Lipinski definition) is 4. The maximum absolute atomic E-state index is 11.6. The highest BCUT2D eigenvalue weighted by atomic mass is 16.2. The van der Waals surface area contributed by atoms with Gasteiger partial charge >= 0.3 is 0 Å². The molecule has 0 saturated carbocycles. The minimum Gasteiger partial charge on any atom is -0.384 e. The monoisotopic (exact) mass is 220 g/mol. The molecule has 1 amide bonds. The molecule has 1 saturated heterocycles. The average molecular weight is 220 g/mol. The second-order valence-electron chi connectivity index (χ2n) is 4.12. The van der Waals surface area contributed by atoms with Gasteiger partial charge < -0.3 is 10.6 Å². The first-order chi connectivity index (χ1) is 7.65. The highest BCUT2D eigenvalue weighted by Crippen LogP contribution is 2.13. The SMILES string of the molecule is Cc1cc(N)nc(CN2CCCCC2=O)n1. The highest BCUT2D eigenvalue weighted by Gasteiger charge is 2.19. The first-order valence-corrected chi connectivity index (χ1v) is 5.53. The van der Waals surface area contributed by atoms with E-state index in [-0.39, 0.29) is 5.91 Å². The van der Waals surface area contributed by atoms with E-state index in [0.717, 1.165) is 25.1 Å². The van der Waals surface area contributed by atoms with Crippen LogP contribution in [0.4, 0.5) is 5.82 Å². The predicted molar refractivity (Wildman–Crippen MR) is 60.4 cm³/mol. The van der Waals surface area contributed by atoms with Crippen LogP contribution in [-0.4, -0.2) is 27.3 Å². The summed E-state index contributed by atoms with van der Waals surface area (Å²) >= 11 is 0. The number of amides is 1. The smallest absolute Gasteiger partial charge is 0.222 e. The Balaban J connectivity index is 2.10. The molecular weight excluding hydrogens is 204 g/mol. The van der Waals surface area contributed by atoms with Gasteiger partial charge in [-0.3, -0.25) is 4.79 Å². The topological polar surface area (TPSA) is 72.1 Å². The minimum absolute atomic E-state index is 0.190. The van der Waals surface area contributed by atoms with E-state index in [1.54, 1.807) is 11.0 Å². The summed E-state index contributed by atoms with van der Waals surface area (Å²) in [6.07, 6.45) is 2.69. The lowest BCUT2D eigenvalue weighted by Crippen LogP contribution is -2.35. The molecule has 2 rings (SSSR count). The molecule has 0 atom stereocenters. The number of nitrogen functional groups attached to an aromatic ring is 1. The fourth-order valence-corrected chi connectivity index (χ4v) is 1.93. The van der Waals surface area contributed by atoms with Crippen LogP contribution in [0.15, 0.2) is 6.07 Å². The molecule has 0 radical (unpaired) electrons. The molecule has 1 aliphatic heterocycles. The van der Waals surface area contributed by atoms with Crippen LogP contribution in [0, 0.1) is 6.92 Å². The molecule has 16 heavy (non-hydrogen) atoms. The highest BCUT2D eigenvalue weighted by molar-refractivity contribution is 5.76. The fraction of sp³-hybridized carbons (Fsp3) is 0.545. The van der Waals surface area contributed by atoms with E-state index in [1.807, 2.05) is 6.92 Å². The number of hydrogen-bond donors (Lipinski definition) is 1. The summed E-state index contributed by atoms with van der Waals surface area (Å²) in [5, 5.41) is 0. The van der Waals surface area contributed by atoms with Crippen LogP contribution in [0.25, 0.3) is 0 Å². The number of likely N-dealkylation sites (tertiary alicyclic amines) is 1. The largest absolute Gasteiger partial charge is 0.384 e. The number of nitrogens with zero attached hydrogens (tertiary/aromatic N) is 3. The molecule has 1 aromatic rings. The molecule has 2 heterocycles. The second kappa shape index (κ2) is 4.47. The normalized spacial score (nSPS) is 16.6. The van der Waals surface area contributed by atoms with Gasteiger partial charge in [0.05, 0.1) is 6.54 Å². The van der Waals surface area contributed by atoms with Gasteiger partial charge in [-0.1, -0.05) is 0 Å². The molecule has 0 spiro atoms. The third-order valence-electron chi connectivity index (χ3n) is 2.67. The molecule has 0 aromatic carbocycles. The van der Waals surface area contributed by atoms with Crippen molar-refractivity contribution >= 4 is 11.7 Å². The number of carbonyl (C=O) groups is 1. The van der Waals surface area contributed by atoms with Gasteiger partial charge in [0, 0.05) is 24.7 Å². The zero-order chi connectivity index (χ0) is 11.5. The summed E-state index contributed by atoms with van der Waals surface area (Å²) in [5.41, 5.74) is 6.48. The van der Waals surface area contributed by atoms with Crippen molar-refractivity contribution in [1.29, 1.82) is 0 Å². The number of carbonyl (C=O) groups excluding carboxylic acids is 1. The quantitative estimate of drug-likeness (QED) is 0.803. The van der Waals surface area contributed by atoms with Crippen molar-refractivity contribution in [2.75, 3.05) is 12.3 Å². The first-order valence-electron chi connectivity index (χ1n) is 5.53. The fourth-order valence-electron chi connectivity index (χ4n) is 1.93. The van der Waals surface area contributed by atoms with E-state index in [9.17, 15) is 4.79 Å². The van der Waals surface area contributed by atoms with Crippen LogP contribution in [0.2, 0.25) is 0 Å². The molecular formula is C11H16N4O. The summed E-state index contributed by atoms with van der Waals surface area (Å²) < 4.78 is 0. The Hall–Kier alpha value is -1.65. The van der Waals surface area contributed by atoms with Crippen molar-refractivity contribution in [3.05, 3.63) is 17.6 Å². The van der Waals surface area contributed by atoms with Crippen molar-refractivity contribution < 1.29 is 4.79 Å². The molecule has 1 fully saturated rings. The number of anilines is 1. The average Bonchev–Trinajstić information content (AvgIpc) is 2.20. The molecule has 0 unspecified atom stereocenters. The summed E-state index contributed by atoms with van der Waals surface area (Å²) in [6.45, 7) is 3.15. The van der Waals surface area contributed by atoms with Crippen molar-refractivity contribution in [2.45, 2.75) is 32.7 Å². The zero-order valence-corrected chi connectivity index (χ0v) is 9.44. The Morgan fingerprint density at radius 1 is 1.44 bits per heavy atom. The molecule has 2 N–H and O–H groups in total. The van der Waals surface area contributed by atoms with E-state index in [0.29, 0.717) is 24.6 Å². The third kappa shape index (κ3) is 2.48. The Morgan fingerprint density at radius 2 is 2.25 bits per heavy atom. The number of piperidine rings is 1. The summed E-state index contributed by atoms with van der Waals surface area (Å²) in [7, 11) is 0. The Labute approximate surface area is 94.7 Å². The predicted octanol–water partition coefficient (Wildman–Crippen LogP) is 0.880. The van der Waals surface area contributed by atoms with Gasteiger partial charge in [-0.05, 0) is 19.8 Å². The summed E-state index contributed by atoms with van der Waals surface area (Å²) in [6, 6.07) is 1.72. The van der Waals surface area contributed by atoms with E-state index >= 15 is 0 Å². The van der Waals surface area contributed by atoms with E-state index in [4.69, 9.17) is 5.73 Å². The third-order valence-corrected chi connectivity index (χ3v) is 2.67. The van der Waals surface area contributed by atoms with Crippen molar-refractivity contribution in [1.82, 2.24) is 14.9 Å². The van der Waals surface area contributed by atoms with Crippen LogP contribution in [0.1, 0.15) is 30.8 Å². The van der Waals surface area contributed by atoms with Crippen LogP contribution in [-0.2, 0) is 11.3 Å². The number of aromatic nitrogens is 2. The molecule has 1 aromatic heterocycles. The second-order valence-corrected chi connectivity index (χ2v) is 4.12. The maximum Gasteiger partial charge on any atom is 0.222 e. The molecule has 0 bridgehead atoms. The lowest BCUT2D eigenvalue weighted by Gasteiger charge is -2.25. The number of rotatable bonds is 2. The summed E-state index contributed by atoms with van der Waals surface area (Å²) in [4.78, 5) is 21.8. The summed E-state index contributed by atoms with van der Waals surface area (Å²) in [5.74, 6) is 1.29. The van der Waals surface area contributed by atoms with Gasteiger partial charge in [0.2, 0.25) is 5.91 Å². The van der Waals surface area contributed by atoms with E-state index < -0.39 is 0 Å². The lowest BCUT2D eigenvalue weighted by atomic mass is 10.1. The Bertz CT molecular complexity index is 385. The van der Waals surface area contributed by atoms with E-state index in [1.165, 1.54) is 0 Å². The van der Waals surface area contributed by atoms with Crippen LogP contribution in [0.3, 0.4) is 0 Å². The van der Waals surface area contributed by atoms with Crippen molar-refractivity contribution in [2.24, 2.45) is 0 Å². The van der Waals surface area contributed by atoms with Gasteiger partial charge in [-0.25, -0.2) is 9.97 Å². The van der Waals surface area contributed by atoms with Crippen molar-refractivity contribution in [3.8, 4) is 0 Å². The molecule has 5 nitrogen and oxygen atoms in total. The first kappa shape index (κ1) is 10.9. The zero-order valence-electron chi connectivity index (χ0n) is 9.44. The molecule has 86 valence electrons. The molecule has 5 heteroatoms. The lowest BCUT2D eigenvalue weighted by molar-refractivity contribution is -0.134. The van der Waals surface area contributed by atoms with Gasteiger partial charge in [0.15, 0.2) is 0 Å². The number of nitrogens with two attached hydrogens (primary N) is 1. The van der Waals surface area contributed by atoms with Crippen LogP contribution >= 0.6 is 0 Å². The molecule has 0 aliphatic carbocycles. The minimum atomic E-state index is 0.190. The molecule has 1 aliphatic rings.